The van der Waals surface area contributed by atoms with Crippen molar-refractivity contribution < 1.29 is 13.2 Å². The molecule has 0 spiro atoms. The van der Waals surface area contributed by atoms with Crippen LogP contribution >= 0.6 is 0 Å². The van der Waals surface area contributed by atoms with E-state index < -0.39 is 10.0 Å². The van der Waals surface area contributed by atoms with Gasteiger partial charge in [-0.1, -0.05) is 6.07 Å². The summed E-state index contributed by atoms with van der Waals surface area (Å²) >= 11 is 0. The molecular formula is C22H29N5O3S. The highest BCUT2D eigenvalue weighted by Crippen LogP contribution is 2.27. The molecule has 2 aliphatic heterocycles. The van der Waals surface area contributed by atoms with Crippen LogP contribution in [0.5, 0.6) is 0 Å². The molecule has 0 radical (unpaired) electrons. The maximum Gasteiger partial charge on any atom is 0.243 e. The van der Waals surface area contributed by atoms with Crippen LogP contribution in [0.4, 0.5) is 11.5 Å². The summed E-state index contributed by atoms with van der Waals surface area (Å²) in [5.74, 6) is 0.801. The fraction of sp³-hybridized carbons (Fsp3) is 0.545. The highest BCUT2D eigenvalue weighted by atomic mass is 32.2. The van der Waals surface area contributed by atoms with E-state index in [0.717, 1.165) is 57.1 Å². The Labute approximate surface area is 183 Å². The maximum absolute atomic E-state index is 13.2. The predicted octanol–water partition coefficient (Wildman–Crippen LogP) is 1.70. The summed E-state index contributed by atoms with van der Waals surface area (Å²) in [4.78, 5) is 4.80. The molecular weight excluding hydrogens is 414 g/mol. The first-order valence-electron chi connectivity index (χ1n) is 11.1. The number of hydrogen-bond donors (Lipinski definition) is 0. The van der Waals surface area contributed by atoms with Crippen LogP contribution in [-0.2, 0) is 27.6 Å². The molecule has 9 heteroatoms. The molecule has 0 atom stereocenters. The molecule has 0 unspecified atom stereocenters. The average Bonchev–Trinajstić information content (AvgIpc) is 2.84. The van der Waals surface area contributed by atoms with E-state index in [1.54, 1.807) is 16.6 Å². The third-order valence-electron chi connectivity index (χ3n) is 6.52. The number of morpholine rings is 1. The highest BCUT2D eigenvalue weighted by molar-refractivity contribution is 7.89. The number of fused-ring (bicyclic) bond motifs is 1. The van der Waals surface area contributed by atoms with Crippen molar-refractivity contribution in [2.75, 3.05) is 62.3 Å². The number of piperazine rings is 1. The number of aromatic nitrogens is 2. The number of anilines is 2. The zero-order chi connectivity index (χ0) is 21.3. The second-order valence-corrected chi connectivity index (χ2v) is 10.3. The van der Waals surface area contributed by atoms with Gasteiger partial charge in [0, 0.05) is 45.3 Å². The molecule has 5 rings (SSSR count). The summed E-state index contributed by atoms with van der Waals surface area (Å²) in [6.07, 6.45) is 6.14. The third-order valence-corrected chi connectivity index (χ3v) is 8.42. The van der Waals surface area contributed by atoms with E-state index in [-0.39, 0.29) is 0 Å². The average molecular weight is 444 g/mol. The fourth-order valence-corrected chi connectivity index (χ4v) is 6.14. The number of benzene rings is 1. The second-order valence-electron chi connectivity index (χ2n) is 8.40. The number of aryl methyl sites for hydroxylation is 2. The second kappa shape index (κ2) is 8.72. The van der Waals surface area contributed by atoms with Gasteiger partial charge in [0.05, 0.1) is 30.0 Å². The van der Waals surface area contributed by atoms with Gasteiger partial charge in [-0.3, -0.25) is 0 Å². The molecule has 0 saturated carbocycles. The van der Waals surface area contributed by atoms with Crippen LogP contribution in [-0.4, -0.2) is 75.4 Å². The van der Waals surface area contributed by atoms with Crippen molar-refractivity contribution in [1.29, 1.82) is 0 Å². The zero-order valence-electron chi connectivity index (χ0n) is 17.7. The molecule has 2 aromatic rings. The number of nitrogens with zero attached hydrogens (tertiary/aromatic N) is 5. The Morgan fingerprint density at radius 3 is 2.35 bits per heavy atom. The van der Waals surface area contributed by atoms with E-state index in [1.807, 2.05) is 18.2 Å². The Hall–Kier alpha value is -2.23. The molecule has 8 nitrogen and oxygen atoms in total. The summed E-state index contributed by atoms with van der Waals surface area (Å²) in [5.41, 5.74) is 3.53. The third kappa shape index (κ3) is 4.26. The first-order chi connectivity index (χ1) is 15.1. The van der Waals surface area contributed by atoms with Crippen molar-refractivity contribution in [2.24, 2.45) is 0 Å². The van der Waals surface area contributed by atoms with Crippen LogP contribution < -0.4 is 9.80 Å². The summed E-state index contributed by atoms with van der Waals surface area (Å²) in [7, 11) is -3.48. The van der Waals surface area contributed by atoms with Crippen molar-refractivity contribution >= 4 is 21.5 Å². The minimum absolute atomic E-state index is 0.427. The van der Waals surface area contributed by atoms with Crippen LogP contribution in [0.25, 0.3) is 0 Å². The lowest BCUT2D eigenvalue weighted by atomic mass is 9.92. The first kappa shape index (κ1) is 20.7. The Morgan fingerprint density at radius 2 is 1.58 bits per heavy atom. The van der Waals surface area contributed by atoms with Gasteiger partial charge in [0.15, 0.2) is 5.82 Å². The van der Waals surface area contributed by atoms with Crippen LogP contribution in [0.1, 0.15) is 24.0 Å². The maximum atomic E-state index is 13.2. The molecule has 166 valence electrons. The zero-order valence-corrected chi connectivity index (χ0v) is 18.6. The standard InChI is InChI=1S/C22H29N5O3S/c28-31(29,21-6-5-18-3-1-2-4-19(18)15-21)27-9-7-26(8-10-27)22-16-20(17-23-24-22)25-11-13-30-14-12-25/h5-6,15-17H,1-4,7-14H2. The van der Waals surface area contributed by atoms with E-state index in [4.69, 9.17) is 4.74 Å². The minimum atomic E-state index is -3.48. The van der Waals surface area contributed by atoms with Crippen molar-refractivity contribution in [3.63, 3.8) is 0 Å². The summed E-state index contributed by atoms with van der Waals surface area (Å²) in [5, 5.41) is 8.49. The smallest absolute Gasteiger partial charge is 0.243 e. The van der Waals surface area contributed by atoms with Gasteiger partial charge < -0.3 is 14.5 Å². The molecule has 1 aliphatic carbocycles. The topological polar surface area (TPSA) is 78.9 Å². The van der Waals surface area contributed by atoms with E-state index in [1.165, 1.54) is 17.5 Å². The lowest BCUT2D eigenvalue weighted by Gasteiger charge is -2.35. The van der Waals surface area contributed by atoms with Gasteiger partial charge >= 0.3 is 0 Å². The summed E-state index contributed by atoms with van der Waals surface area (Å²) in [6.45, 7) is 5.23. The Kier molecular flexibility index (Phi) is 5.81. The van der Waals surface area contributed by atoms with Gasteiger partial charge in [-0.25, -0.2) is 8.42 Å². The van der Waals surface area contributed by atoms with Crippen molar-refractivity contribution in [2.45, 2.75) is 30.6 Å². The molecule has 3 heterocycles. The molecule has 0 bridgehead atoms. The molecule has 1 aromatic carbocycles. The Balaban J connectivity index is 1.27. The first-order valence-corrected chi connectivity index (χ1v) is 12.6. The molecule has 2 saturated heterocycles. The van der Waals surface area contributed by atoms with E-state index >= 15 is 0 Å². The largest absolute Gasteiger partial charge is 0.378 e. The SMILES string of the molecule is O=S(=O)(c1ccc2c(c1)CCCC2)N1CCN(c2cc(N3CCOCC3)cnn2)CC1. The minimum Gasteiger partial charge on any atom is -0.378 e. The van der Waals surface area contributed by atoms with Gasteiger partial charge in [-0.05, 0) is 48.9 Å². The summed E-state index contributed by atoms with van der Waals surface area (Å²) < 4.78 is 33.5. The van der Waals surface area contributed by atoms with Gasteiger partial charge in [0.25, 0.3) is 0 Å². The van der Waals surface area contributed by atoms with E-state index in [2.05, 4.69) is 20.0 Å². The molecule has 3 aliphatic rings. The van der Waals surface area contributed by atoms with Gasteiger partial charge in [-0.15, -0.1) is 5.10 Å². The molecule has 2 fully saturated rings. The van der Waals surface area contributed by atoms with Crippen molar-refractivity contribution in [3.05, 3.63) is 41.6 Å². The molecule has 0 N–H and O–H groups in total. The van der Waals surface area contributed by atoms with Crippen molar-refractivity contribution in [3.8, 4) is 0 Å². The molecule has 1 aromatic heterocycles. The molecule has 0 amide bonds. The lowest BCUT2D eigenvalue weighted by molar-refractivity contribution is 0.122. The van der Waals surface area contributed by atoms with Crippen molar-refractivity contribution in [1.82, 2.24) is 14.5 Å². The van der Waals surface area contributed by atoms with Crippen LogP contribution in [0.2, 0.25) is 0 Å². The number of hydrogen-bond acceptors (Lipinski definition) is 7. The normalized spacial score (nSPS) is 20.5. The quantitative estimate of drug-likeness (QED) is 0.712. The van der Waals surface area contributed by atoms with Crippen LogP contribution in [0.15, 0.2) is 35.4 Å². The van der Waals surface area contributed by atoms with Gasteiger partial charge in [0.1, 0.15) is 0 Å². The Morgan fingerprint density at radius 1 is 0.839 bits per heavy atom. The monoisotopic (exact) mass is 443 g/mol. The van der Waals surface area contributed by atoms with Gasteiger partial charge in [0.2, 0.25) is 10.0 Å². The van der Waals surface area contributed by atoms with Gasteiger partial charge in [-0.2, -0.15) is 9.40 Å². The number of sulfonamides is 1. The number of rotatable bonds is 4. The summed E-state index contributed by atoms with van der Waals surface area (Å²) in [6, 6.07) is 7.73. The predicted molar refractivity (Wildman–Crippen MR) is 119 cm³/mol. The lowest BCUT2D eigenvalue weighted by Crippen LogP contribution is -2.49. The highest BCUT2D eigenvalue weighted by Gasteiger charge is 2.30. The Bertz CT molecular complexity index is 1030. The van der Waals surface area contributed by atoms with E-state index in [9.17, 15) is 8.42 Å². The molecule has 31 heavy (non-hydrogen) atoms. The van der Waals surface area contributed by atoms with E-state index in [0.29, 0.717) is 31.1 Å². The van der Waals surface area contributed by atoms with Crippen LogP contribution in [0.3, 0.4) is 0 Å². The fourth-order valence-electron chi connectivity index (χ4n) is 4.67. The number of ether oxygens (including phenoxy) is 1. The van der Waals surface area contributed by atoms with Crippen LogP contribution in [0, 0.1) is 0 Å².